The summed E-state index contributed by atoms with van der Waals surface area (Å²) in [5, 5.41) is 3.28. The van der Waals surface area contributed by atoms with Gasteiger partial charge in [-0.05, 0) is 61.4 Å². The molecule has 8 heteroatoms. The van der Waals surface area contributed by atoms with Gasteiger partial charge in [0.25, 0.3) is 0 Å². The molecule has 0 spiro atoms. The van der Waals surface area contributed by atoms with Crippen LogP contribution in [0.4, 0.5) is 5.69 Å². The van der Waals surface area contributed by atoms with Gasteiger partial charge in [-0.15, -0.1) is 0 Å². The maximum absolute atomic E-state index is 13.3. The third-order valence-corrected chi connectivity index (χ3v) is 6.84. The Morgan fingerprint density at radius 3 is 2.37 bits per heavy atom. The second kappa shape index (κ2) is 9.38. The van der Waals surface area contributed by atoms with Crippen LogP contribution in [0.25, 0.3) is 0 Å². The van der Waals surface area contributed by atoms with Crippen molar-refractivity contribution in [3.8, 4) is 0 Å². The molecule has 0 saturated carbocycles. The fourth-order valence-electron chi connectivity index (χ4n) is 2.87. The molecule has 1 heterocycles. The molecule has 0 atom stereocenters. The van der Waals surface area contributed by atoms with E-state index in [0.717, 1.165) is 21.0 Å². The molecule has 0 fully saturated rings. The molecule has 0 bridgehead atoms. The minimum absolute atomic E-state index is 0.0423. The summed E-state index contributed by atoms with van der Waals surface area (Å²) in [4.78, 5) is 16.8. The molecule has 0 unspecified atom stereocenters. The van der Waals surface area contributed by atoms with Crippen molar-refractivity contribution < 1.29 is 13.2 Å². The van der Waals surface area contributed by atoms with E-state index in [1.807, 2.05) is 6.92 Å². The number of benzene rings is 2. The summed E-state index contributed by atoms with van der Waals surface area (Å²) in [7, 11) is -3.90. The summed E-state index contributed by atoms with van der Waals surface area (Å²) in [6, 6.07) is 15.2. The second-order valence-corrected chi connectivity index (χ2v) is 9.25. The SMILES string of the molecule is Cc1ccc(S(=O)(=O)N(CC(=O)Nc2cccc(Cl)c2C)Cc2ccncc2)cc1. The van der Waals surface area contributed by atoms with Crippen molar-refractivity contribution in [2.75, 3.05) is 11.9 Å². The lowest BCUT2D eigenvalue weighted by molar-refractivity contribution is -0.116. The minimum atomic E-state index is -3.90. The van der Waals surface area contributed by atoms with Crippen molar-refractivity contribution in [1.82, 2.24) is 9.29 Å². The summed E-state index contributed by atoms with van der Waals surface area (Å²) in [5.41, 5.74) is 2.94. The van der Waals surface area contributed by atoms with E-state index >= 15 is 0 Å². The molecule has 3 rings (SSSR count). The van der Waals surface area contributed by atoms with Crippen LogP contribution in [0.15, 0.2) is 71.9 Å². The Balaban J connectivity index is 1.88. The molecule has 1 amide bonds. The average molecular weight is 444 g/mol. The molecule has 6 nitrogen and oxygen atoms in total. The normalized spacial score (nSPS) is 11.5. The topological polar surface area (TPSA) is 79.4 Å². The van der Waals surface area contributed by atoms with Gasteiger partial charge in [0.1, 0.15) is 0 Å². The predicted octanol–water partition coefficient (Wildman–Crippen LogP) is 4.18. The molecule has 0 radical (unpaired) electrons. The number of rotatable bonds is 7. The fraction of sp³-hybridized carbons (Fsp3) is 0.182. The van der Waals surface area contributed by atoms with Crippen LogP contribution in [0.1, 0.15) is 16.7 Å². The minimum Gasteiger partial charge on any atom is -0.325 e. The molecular weight excluding hydrogens is 422 g/mol. The van der Waals surface area contributed by atoms with Crippen LogP contribution in [-0.2, 0) is 21.4 Å². The molecular formula is C22H22ClN3O3S. The van der Waals surface area contributed by atoms with E-state index in [4.69, 9.17) is 11.6 Å². The van der Waals surface area contributed by atoms with Crippen molar-refractivity contribution in [2.24, 2.45) is 0 Å². The lowest BCUT2D eigenvalue weighted by Crippen LogP contribution is -2.37. The Kier molecular flexibility index (Phi) is 6.87. The Morgan fingerprint density at radius 2 is 1.70 bits per heavy atom. The van der Waals surface area contributed by atoms with Gasteiger partial charge in [0.15, 0.2) is 0 Å². The summed E-state index contributed by atoms with van der Waals surface area (Å²) in [6.45, 7) is 3.37. The molecule has 30 heavy (non-hydrogen) atoms. The van der Waals surface area contributed by atoms with Crippen molar-refractivity contribution in [3.05, 3.63) is 88.7 Å². The van der Waals surface area contributed by atoms with Crippen molar-refractivity contribution in [2.45, 2.75) is 25.3 Å². The highest BCUT2D eigenvalue weighted by atomic mass is 35.5. The van der Waals surface area contributed by atoms with E-state index in [9.17, 15) is 13.2 Å². The third kappa shape index (κ3) is 5.24. The summed E-state index contributed by atoms with van der Waals surface area (Å²) >= 11 is 6.11. The van der Waals surface area contributed by atoms with E-state index in [-0.39, 0.29) is 18.0 Å². The van der Waals surface area contributed by atoms with Crippen LogP contribution in [0, 0.1) is 13.8 Å². The number of carbonyl (C=O) groups excluding carboxylic acids is 1. The largest absolute Gasteiger partial charge is 0.325 e. The molecule has 0 saturated heterocycles. The molecule has 0 aliphatic heterocycles. The highest BCUT2D eigenvalue weighted by Crippen LogP contribution is 2.24. The van der Waals surface area contributed by atoms with Gasteiger partial charge in [-0.1, -0.05) is 35.4 Å². The van der Waals surface area contributed by atoms with Crippen LogP contribution < -0.4 is 5.32 Å². The summed E-state index contributed by atoms with van der Waals surface area (Å²) < 4.78 is 27.7. The first kappa shape index (κ1) is 22.0. The predicted molar refractivity (Wildman–Crippen MR) is 118 cm³/mol. The van der Waals surface area contributed by atoms with Gasteiger partial charge >= 0.3 is 0 Å². The first-order valence-corrected chi connectivity index (χ1v) is 11.1. The van der Waals surface area contributed by atoms with Crippen LogP contribution in [0.5, 0.6) is 0 Å². The lowest BCUT2D eigenvalue weighted by Gasteiger charge is -2.22. The zero-order chi connectivity index (χ0) is 21.7. The smallest absolute Gasteiger partial charge is 0.243 e. The van der Waals surface area contributed by atoms with Crippen molar-refractivity contribution in [3.63, 3.8) is 0 Å². The van der Waals surface area contributed by atoms with E-state index in [1.54, 1.807) is 73.9 Å². The Morgan fingerprint density at radius 1 is 1.03 bits per heavy atom. The number of nitrogens with one attached hydrogen (secondary N) is 1. The average Bonchev–Trinajstić information content (AvgIpc) is 2.72. The van der Waals surface area contributed by atoms with Crippen LogP contribution in [0.2, 0.25) is 5.02 Å². The van der Waals surface area contributed by atoms with Gasteiger partial charge in [0, 0.05) is 29.6 Å². The number of hydrogen-bond acceptors (Lipinski definition) is 4. The number of amides is 1. The zero-order valence-corrected chi connectivity index (χ0v) is 18.2. The number of anilines is 1. The molecule has 156 valence electrons. The van der Waals surface area contributed by atoms with Crippen LogP contribution >= 0.6 is 11.6 Å². The van der Waals surface area contributed by atoms with Gasteiger partial charge in [-0.3, -0.25) is 9.78 Å². The maximum atomic E-state index is 13.3. The van der Waals surface area contributed by atoms with Gasteiger partial charge in [0.2, 0.25) is 15.9 Å². The second-order valence-electron chi connectivity index (χ2n) is 6.90. The maximum Gasteiger partial charge on any atom is 0.243 e. The highest BCUT2D eigenvalue weighted by Gasteiger charge is 2.27. The van der Waals surface area contributed by atoms with Crippen LogP contribution in [-0.4, -0.2) is 30.2 Å². The standard InChI is InChI=1S/C22H22ClN3O3S/c1-16-6-8-19(9-7-16)30(28,29)26(14-18-10-12-24-13-11-18)15-22(27)25-21-5-3-4-20(23)17(21)2/h3-13H,14-15H2,1-2H3,(H,25,27). The Labute approximate surface area is 181 Å². The van der Waals surface area contributed by atoms with Crippen molar-refractivity contribution in [1.29, 1.82) is 0 Å². The zero-order valence-electron chi connectivity index (χ0n) is 16.7. The van der Waals surface area contributed by atoms with E-state index in [1.165, 1.54) is 0 Å². The number of carbonyl (C=O) groups is 1. The van der Waals surface area contributed by atoms with E-state index < -0.39 is 15.9 Å². The molecule has 1 aromatic heterocycles. The fourth-order valence-corrected chi connectivity index (χ4v) is 4.43. The molecule has 2 aromatic carbocycles. The highest BCUT2D eigenvalue weighted by molar-refractivity contribution is 7.89. The van der Waals surface area contributed by atoms with Gasteiger partial charge in [0.05, 0.1) is 11.4 Å². The molecule has 0 aliphatic carbocycles. The van der Waals surface area contributed by atoms with Crippen LogP contribution in [0.3, 0.4) is 0 Å². The van der Waals surface area contributed by atoms with Gasteiger partial charge in [-0.2, -0.15) is 4.31 Å². The van der Waals surface area contributed by atoms with E-state index in [0.29, 0.717) is 10.7 Å². The van der Waals surface area contributed by atoms with Gasteiger partial charge < -0.3 is 5.32 Å². The molecule has 1 N–H and O–H groups in total. The number of aryl methyl sites for hydroxylation is 1. The quantitative estimate of drug-likeness (QED) is 0.594. The number of sulfonamides is 1. The lowest BCUT2D eigenvalue weighted by atomic mass is 10.2. The molecule has 0 aliphatic rings. The first-order chi connectivity index (χ1) is 14.3. The number of aromatic nitrogens is 1. The summed E-state index contributed by atoms with van der Waals surface area (Å²) in [6.07, 6.45) is 3.17. The number of nitrogens with zero attached hydrogens (tertiary/aromatic N) is 2. The first-order valence-electron chi connectivity index (χ1n) is 9.28. The number of halogens is 1. The van der Waals surface area contributed by atoms with Crippen molar-refractivity contribution >= 4 is 33.2 Å². The number of pyridine rings is 1. The van der Waals surface area contributed by atoms with E-state index in [2.05, 4.69) is 10.3 Å². The monoisotopic (exact) mass is 443 g/mol. The number of hydrogen-bond donors (Lipinski definition) is 1. The Hall–Kier alpha value is -2.74. The molecule has 3 aromatic rings. The Bertz CT molecular complexity index is 1130. The third-order valence-electron chi connectivity index (χ3n) is 4.63. The van der Waals surface area contributed by atoms with Gasteiger partial charge in [-0.25, -0.2) is 8.42 Å². The summed E-state index contributed by atoms with van der Waals surface area (Å²) in [5.74, 6) is -0.454.